The lowest BCUT2D eigenvalue weighted by atomic mass is 9.74. The van der Waals surface area contributed by atoms with Gasteiger partial charge in [0.05, 0.1) is 12.0 Å². The monoisotopic (exact) mass is 225 g/mol. The highest BCUT2D eigenvalue weighted by Gasteiger charge is 2.40. The Balaban J connectivity index is 2.59. The lowest BCUT2D eigenvalue weighted by molar-refractivity contribution is -0.132. The summed E-state index contributed by atoms with van der Waals surface area (Å²) in [6, 6.07) is 1.71. The van der Waals surface area contributed by atoms with Gasteiger partial charge in [-0.3, -0.25) is 4.79 Å². The Bertz CT molecular complexity index is 350. The van der Waals surface area contributed by atoms with Crippen molar-refractivity contribution in [1.29, 1.82) is 0 Å². The first kappa shape index (κ1) is 12.7. The van der Waals surface area contributed by atoms with Crippen LogP contribution < -0.4 is 11.1 Å². The zero-order valence-electron chi connectivity index (χ0n) is 10.2. The van der Waals surface area contributed by atoms with Gasteiger partial charge in [0.25, 0.3) is 0 Å². The number of carbonyl (C=O) groups is 1. The summed E-state index contributed by atoms with van der Waals surface area (Å²) in [6.07, 6.45) is 1.47. The molecule has 5 heteroatoms. The average molecular weight is 225 g/mol. The zero-order valence-corrected chi connectivity index (χ0v) is 10.2. The molecule has 0 aromatic carbocycles. The van der Waals surface area contributed by atoms with Crippen molar-refractivity contribution in [2.24, 2.45) is 11.1 Å². The number of amides is 1. The van der Waals surface area contributed by atoms with Crippen LogP contribution in [0.1, 0.15) is 33.4 Å². The quantitative estimate of drug-likeness (QED) is 0.802. The van der Waals surface area contributed by atoms with Crippen molar-refractivity contribution in [3.05, 3.63) is 18.0 Å². The molecule has 1 aromatic heterocycles. The summed E-state index contributed by atoms with van der Waals surface area (Å²) in [4.78, 5) is 12.0. The summed E-state index contributed by atoms with van der Waals surface area (Å²) in [6.45, 7) is 7.68. The molecule has 0 unspecified atom stereocenters. The largest absolute Gasteiger partial charge is 0.364 e. The molecule has 0 aliphatic heterocycles. The third-order valence-corrected chi connectivity index (χ3v) is 3.10. The second-order valence-corrected chi connectivity index (χ2v) is 5.02. The standard InChI is InChI=1S/C11H19N3O2/c1-10(2,11(3,4)12)9(15)13-7-8-5-6-16-14-8/h5-6H,7,12H2,1-4H3,(H,13,15). The second kappa shape index (κ2) is 4.25. The predicted molar refractivity (Wildman–Crippen MR) is 60.4 cm³/mol. The molecular formula is C11H19N3O2. The van der Waals surface area contributed by atoms with Crippen molar-refractivity contribution in [1.82, 2.24) is 10.5 Å². The van der Waals surface area contributed by atoms with Crippen LogP contribution in [0.15, 0.2) is 16.9 Å². The van der Waals surface area contributed by atoms with Gasteiger partial charge in [0, 0.05) is 11.6 Å². The van der Waals surface area contributed by atoms with E-state index in [1.165, 1.54) is 6.26 Å². The molecular weight excluding hydrogens is 206 g/mol. The van der Waals surface area contributed by atoms with Crippen LogP contribution in [-0.2, 0) is 11.3 Å². The van der Waals surface area contributed by atoms with E-state index in [4.69, 9.17) is 5.73 Å². The predicted octanol–water partition coefficient (Wildman–Crippen LogP) is 1.05. The molecule has 3 N–H and O–H groups in total. The maximum Gasteiger partial charge on any atom is 0.227 e. The molecule has 0 atom stereocenters. The van der Waals surface area contributed by atoms with Crippen molar-refractivity contribution < 1.29 is 9.32 Å². The fourth-order valence-corrected chi connectivity index (χ4v) is 1.01. The fraction of sp³-hybridized carbons (Fsp3) is 0.636. The van der Waals surface area contributed by atoms with Gasteiger partial charge in [0.15, 0.2) is 0 Å². The third kappa shape index (κ3) is 2.61. The van der Waals surface area contributed by atoms with Crippen LogP contribution in [0.4, 0.5) is 0 Å². The van der Waals surface area contributed by atoms with Crippen LogP contribution in [0.25, 0.3) is 0 Å². The van der Waals surface area contributed by atoms with Gasteiger partial charge in [0.2, 0.25) is 5.91 Å². The van der Waals surface area contributed by atoms with Gasteiger partial charge in [-0.2, -0.15) is 0 Å². The number of nitrogens with one attached hydrogen (secondary N) is 1. The van der Waals surface area contributed by atoms with Crippen molar-refractivity contribution in [2.75, 3.05) is 0 Å². The highest BCUT2D eigenvalue weighted by Crippen LogP contribution is 2.28. The molecule has 0 bridgehead atoms. The molecule has 1 heterocycles. The first-order valence-electron chi connectivity index (χ1n) is 5.21. The Morgan fingerprint density at radius 2 is 2.12 bits per heavy atom. The van der Waals surface area contributed by atoms with Gasteiger partial charge in [0.1, 0.15) is 12.0 Å². The molecule has 0 aliphatic rings. The zero-order chi connectivity index (χ0) is 12.4. The second-order valence-electron chi connectivity index (χ2n) is 5.02. The van der Waals surface area contributed by atoms with Crippen LogP contribution in [0.5, 0.6) is 0 Å². The summed E-state index contributed by atoms with van der Waals surface area (Å²) < 4.78 is 4.67. The number of nitrogens with two attached hydrogens (primary N) is 1. The molecule has 0 aliphatic carbocycles. The van der Waals surface area contributed by atoms with Crippen LogP contribution >= 0.6 is 0 Å². The molecule has 0 saturated heterocycles. The Morgan fingerprint density at radius 3 is 2.56 bits per heavy atom. The van der Waals surface area contributed by atoms with Gasteiger partial charge in [-0.05, 0) is 27.7 Å². The number of rotatable bonds is 4. The smallest absolute Gasteiger partial charge is 0.227 e. The van der Waals surface area contributed by atoms with Crippen molar-refractivity contribution in [3.63, 3.8) is 0 Å². The number of hydrogen-bond acceptors (Lipinski definition) is 4. The Hall–Kier alpha value is -1.36. The summed E-state index contributed by atoms with van der Waals surface area (Å²) in [5.74, 6) is -0.0944. The van der Waals surface area contributed by atoms with Gasteiger partial charge in [-0.15, -0.1) is 0 Å². The van der Waals surface area contributed by atoms with Gasteiger partial charge in [-0.1, -0.05) is 5.16 Å². The van der Waals surface area contributed by atoms with Crippen LogP contribution in [-0.4, -0.2) is 16.6 Å². The normalized spacial score (nSPS) is 12.6. The number of hydrogen-bond donors (Lipinski definition) is 2. The molecule has 0 saturated carbocycles. The molecule has 1 amide bonds. The van der Waals surface area contributed by atoms with Gasteiger partial charge in [-0.25, -0.2) is 0 Å². The lowest BCUT2D eigenvalue weighted by Gasteiger charge is -2.36. The summed E-state index contributed by atoms with van der Waals surface area (Å²) in [5, 5.41) is 6.50. The summed E-state index contributed by atoms with van der Waals surface area (Å²) in [5.41, 5.74) is 5.44. The molecule has 1 aromatic rings. The van der Waals surface area contributed by atoms with Crippen LogP contribution in [0, 0.1) is 5.41 Å². The molecule has 0 spiro atoms. The van der Waals surface area contributed by atoms with E-state index in [-0.39, 0.29) is 5.91 Å². The minimum Gasteiger partial charge on any atom is -0.364 e. The Kier molecular flexibility index (Phi) is 3.38. The minimum atomic E-state index is -0.642. The molecule has 0 radical (unpaired) electrons. The molecule has 5 nitrogen and oxygen atoms in total. The maximum absolute atomic E-state index is 12.0. The van der Waals surface area contributed by atoms with E-state index < -0.39 is 11.0 Å². The molecule has 90 valence electrons. The first-order chi connectivity index (χ1) is 7.25. The van der Waals surface area contributed by atoms with Crippen LogP contribution in [0.3, 0.4) is 0 Å². The van der Waals surface area contributed by atoms with Gasteiger partial charge >= 0.3 is 0 Å². The molecule has 16 heavy (non-hydrogen) atoms. The molecule has 0 fully saturated rings. The summed E-state index contributed by atoms with van der Waals surface area (Å²) in [7, 11) is 0. The number of aromatic nitrogens is 1. The maximum atomic E-state index is 12.0. The number of nitrogens with zero attached hydrogens (tertiary/aromatic N) is 1. The van der Waals surface area contributed by atoms with Crippen molar-refractivity contribution in [3.8, 4) is 0 Å². The van der Waals surface area contributed by atoms with E-state index in [9.17, 15) is 4.79 Å². The van der Waals surface area contributed by atoms with E-state index in [0.29, 0.717) is 12.2 Å². The Labute approximate surface area is 95.4 Å². The first-order valence-corrected chi connectivity index (χ1v) is 5.21. The van der Waals surface area contributed by atoms with Crippen LogP contribution in [0.2, 0.25) is 0 Å². The van der Waals surface area contributed by atoms with E-state index >= 15 is 0 Å². The highest BCUT2D eigenvalue weighted by molar-refractivity contribution is 5.83. The van der Waals surface area contributed by atoms with Gasteiger partial charge < -0.3 is 15.6 Å². The van der Waals surface area contributed by atoms with E-state index in [1.807, 2.05) is 27.7 Å². The molecule has 1 rings (SSSR count). The van der Waals surface area contributed by atoms with E-state index in [0.717, 1.165) is 0 Å². The highest BCUT2D eigenvalue weighted by atomic mass is 16.5. The van der Waals surface area contributed by atoms with Crippen molar-refractivity contribution in [2.45, 2.75) is 39.8 Å². The third-order valence-electron chi connectivity index (χ3n) is 3.10. The average Bonchev–Trinajstić information content (AvgIpc) is 2.64. The lowest BCUT2D eigenvalue weighted by Crippen LogP contribution is -2.55. The summed E-state index contributed by atoms with van der Waals surface area (Å²) >= 11 is 0. The van der Waals surface area contributed by atoms with Crippen molar-refractivity contribution >= 4 is 5.91 Å². The minimum absolute atomic E-state index is 0.0944. The van der Waals surface area contributed by atoms with E-state index in [2.05, 4.69) is 15.0 Å². The number of carbonyl (C=O) groups excluding carboxylic acids is 1. The fourth-order valence-electron chi connectivity index (χ4n) is 1.01. The SMILES string of the molecule is CC(C)(N)C(C)(C)C(=O)NCc1ccon1. The topological polar surface area (TPSA) is 81.2 Å². The Morgan fingerprint density at radius 1 is 1.50 bits per heavy atom. The van der Waals surface area contributed by atoms with E-state index in [1.54, 1.807) is 6.07 Å².